The molecule has 2 rings (SSSR count). The van der Waals surface area contributed by atoms with Gasteiger partial charge in [0.15, 0.2) is 0 Å². The van der Waals surface area contributed by atoms with Crippen molar-refractivity contribution in [1.29, 1.82) is 0 Å². The zero-order valence-corrected chi connectivity index (χ0v) is 13.2. The number of fused-ring (bicyclic) bond motifs is 1. The molecule has 21 heavy (non-hydrogen) atoms. The normalized spacial score (nSPS) is 13.5. The molecule has 1 heterocycles. The molecule has 0 radical (unpaired) electrons. The molecule has 0 saturated heterocycles. The topological polar surface area (TPSA) is 46.3 Å². The Hall–Kier alpha value is -1.51. The second kappa shape index (κ2) is 8.06. The van der Waals surface area contributed by atoms with Gasteiger partial charge in [0.2, 0.25) is 5.91 Å². The van der Waals surface area contributed by atoms with E-state index in [4.69, 9.17) is 5.73 Å². The number of rotatable bonds is 8. The standard InChI is InChI=1S/C18H28N2O/c1-2-3-4-5-6-7-8-9-18(21)20-13-15-10-11-17(19)12-16(15)14-20/h10-12H,2-9,13-14,19H2,1H3. The Labute approximate surface area is 128 Å². The van der Waals surface area contributed by atoms with Crippen LogP contribution in [0.25, 0.3) is 0 Å². The molecule has 0 saturated carbocycles. The van der Waals surface area contributed by atoms with Crippen molar-refractivity contribution < 1.29 is 4.79 Å². The fraction of sp³-hybridized carbons (Fsp3) is 0.611. The van der Waals surface area contributed by atoms with Gasteiger partial charge in [-0.05, 0) is 29.7 Å². The highest BCUT2D eigenvalue weighted by atomic mass is 16.2. The summed E-state index contributed by atoms with van der Waals surface area (Å²) in [6.07, 6.45) is 9.46. The van der Waals surface area contributed by atoms with E-state index in [1.165, 1.54) is 49.7 Å². The van der Waals surface area contributed by atoms with Gasteiger partial charge in [0.05, 0.1) is 0 Å². The smallest absolute Gasteiger partial charge is 0.223 e. The summed E-state index contributed by atoms with van der Waals surface area (Å²) in [4.78, 5) is 14.2. The molecule has 3 nitrogen and oxygen atoms in total. The van der Waals surface area contributed by atoms with Crippen LogP contribution in [0.4, 0.5) is 5.69 Å². The summed E-state index contributed by atoms with van der Waals surface area (Å²) in [7, 11) is 0. The molecule has 116 valence electrons. The third-order valence-corrected chi connectivity index (χ3v) is 4.30. The minimum Gasteiger partial charge on any atom is -0.399 e. The molecule has 0 aliphatic carbocycles. The molecule has 1 aliphatic rings. The second-order valence-corrected chi connectivity index (χ2v) is 6.15. The summed E-state index contributed by atoms with van der Waals surface area (Å²) in [6.45, 7) is 3.72. The van der Waals surface area contributed by atoms with Gasteiger partial charge in [-0.1, -0.05) is 51.5 Å². The molecule has 2 N–H and O–H groups in total. The number of hydrogen-bond donors (Lipinski definition) is 1. The Morgan fingerprint density at radius 3 is 2.48 bits per heavy atom. The van der Waals surface area contributed by atoms with Gasteiger partial charge < -0.3 is 10.6 Å². The van der Waals surface area contributed by atoms with E-state index in [1.54, 1.807) is 0 Å². The van der Waals surface area contributed by atoms with Gasteiger partial charge >= 0.3 is 0 Å². The fourth-order valence-corrected chi connectivity index (χ4v) is 2.98. The fourth-order valence-electron chi connectivity index (χ4n) is 2.98. The lowest BCUT2D eigenvalue weighted by Crippen LogP contribution is -2.24. The van der Waals surface area contributed by atoms with E-state index in [1.807, 2.05) is 23.1 Å². The van der Waals surface area contributed by atoms with Crippen molar-refractivity contribution in [2.45, 2.75) is 71.4 Å². The van der Waals surface area contributed by atoms with Crippen LogP contribution in [0.1, 0.15) is 69.4 Å². The molecule has 0 bridgehead atoms. The van der Waals surface area contributed by atoms with Crippen molar-refractivity contribution in [3.63, 3.8) is 0 Å². The van der Waals surface area contributed by atoms with Gasteiger partial charge in [-0.2, -0.15) is 0 Å². The van der Waals surface area contributed by atoms with Crippen molar-refractivity contribution in [2.75, 3.05) is 5.73 Å². The van der Waals surface area contributed by atoms with Gasteiger partial charge in [-0.25, -0.2) is 0 Å². The monoisotopic (exact) mass is 288 g/mol. The second-order valence-electron chi connectivity index (χ2n) is 6.15. The number of anilines is 1. The molecule has 0 spiro atoms. The largest absolute Gasteiger partial charge is 0.399 e. The average Bonchev–Trinajstić information content (AvgIpc) is 2.89. The number of carbonyl (C=O) groups is 1. The highest BCUT2D eigenvalue weighted by Gasteiger charge is 2.22. The highest BCUT2D eigenvalue weighted by molar-refractivity contribution is 5.77. The van der Waals surface area contributed by atoms with Crippen LogP contribution in [-0.2, 0) is 17.9 Å². The summed E-state index contributed by atoms with van der Waals surface area (Å²) in [5.41, 5.74) is 9.04. The lowest BCUT2D eigenvalue weighted by Gasteiger charge is -2.15. The Kier molecular flexibility index (Phi) is 6.09. The summed E-state index contributed by atoms with van der Waals surface area (Å²) < 4.78 is 0. The summed E-state index contributed by atoms with van der Waals surface area (Å²) in [5, 5.41) is 0. The minimum absolute atomic E-state index is 0.290. The van der Waals surface area contributed by atoms with Crippen LogP contribution in [0.3, 0.4) is 0 Å². The molecule has 0 atom stereocenters. The van der Waals surface area contributed by atoms with Crippen LogP contribution in [0.15, 0.2) is 18.2 Å². The lowest BCUT2D eigenvalue weighted by atomic mass is 10.1. The zero-order chi connectivity index (χ0) is 15.1. The number of nitrogen functional groups attached to an aromatic ring is 1. The van der Waals surface area contributed by atoms with E-state index < -0.39 is 0 Å². The first-order valence-corrected chi connectivity index (χ1v) is 8.35. The van der Waals surface area contributed by atoms with E-state index in [9.17, 15) is 4.79 Å². The third-order valence-electron chi connectivity index (χ3n) is 4.30. The van der Waals surface area contributed by atoms with Gasteiger partial charge in [-0.3, -0.25) is 4.79 Å². The molecular weight excluding hydrogens is 260 g/mol. The Morgan fingerprint density at radius 1 is 1.05 bits per heavy atom. The lowest BCUT2D eigenvalue weighted by molar-refractivity contribution is -0.131. The summed E-state index contributed by atoms with van der Waals surface area (Å²) in [6, 6.07) is 5.96. The summed E-state index contributed by atoms with van der Waals surface area (Å²) >= 11 is 0. The molecule has 0 aromatic heterocycles. The number of benzene rings is 1. The molecule has 1 aromatic rings. The highest BCUT2D eigenvalue weighted by Crippen LogP contribution is 2.25. The number of nitrogens with zero attached hydrogens (tertiary/aromatic N) is 1. The predicted molar refractivity (Wildman–Crippen MR) is 87.7 cm³/mol. The van der Waals surface area contributed by atoms with Gasteiger partial charge in [0, 0.05) is 25.2 Å². The van der Waals surface area contributed by atoms with Crippen LogP contribution in [0.2, 0.25) is 0 Å². The maximum Gasteiger partial charge on any atom is 0.223 e. The van der Waals surface area contributed by atoms with Crippen molar-refractivity contribution in [3.05, 3.63) is 29.3 Å². The van der Waals surface area contributed by atoms with Crippen molar-refractivity contribution in [2.24, 2.45) is 0 Å². The van der Waals surface area contributed by atoms with Crippen molar-refractivity contribution in [1.82, 2.24) is 4.90 Å². The molecule has 3 heteroatoms. The number of carbonyl (C=O) groups excluding carboxylic acids is 1. The van der Waals surface area contributed by atoms with Gasteiger partial charge in [0.25, 0.3) is 0 Å². The number of nitrogens with two attached hydrogens (primary N) is 1. The van der Waals surface area contributed by atoms with E-state index in [0.717, 1.165) is 25.2 Å². The Bertz CT molecular complexity index is 470. The third kappa shape index (κ3) is 4.76. The van der Waals surface area contributed by atoms with Gasteiger partial charge in [-0.15, -0.1) is 0 Å². The van der Waals surface area contributed by atoms with Gasteiger partial charge in [0.1, 0.15) is 0 Å². The minimum atomic E-state index is 0.290. The number of amides is 1. The SMILES string of the molecule is CCCCCCCCCC(=O)N1Cc2ccc(N)cc2C1. The van der Waals surface area contributed by atoms with E-state index in [2.05, 4.69) is 6.92 Å². The average molecular weight is 288 g/mol. The maximum absolute atomic E-state index is 12.2. The maximum atomic E-state index is 12.2. The van der Waals surface area contributed by atoms with E-state index in [-0.39, 0.29) is 0 Å². The first kappa shape index (κ1) is 15.9. The molecule has 1 amide bonds. The zero-order valence-electron chi connectivity index (χ0n) is 13.2. The molecule has 0 unspecified atom stereocenters. The first-order chi connectivity index (χ1) is 10.2. The van der Waals surface area contributed by atoms with Crippen molar-refractivity contribution >= 4 is 11.6 Å². The van der Waals surface area contributed by atoms with Crippen molar-refractivity contribution in [3.8, 4) is 0 Å². The first-order valence-electron chi connectivity index (χ1n) is 8.35. The molecular formula is C18H28N2O. The van der Waals surface area contributed by atoms with Crippen LogP contribution in [-0.4, -0.2) is 10.8 Å². The Morgan fingerprint density at radius 2 is 1.71 bits per heavy atom. The summed E-state index contributed by atoms with van der Waals surface area (Å²) in [5.74, 6) is 0.290. The van der Waals surface area contributed by atoms with Crippen LogP contribution in [0, 0.1) is 0 Å². The van der Waals surface area contributed by atoms with Crippen LogP contribution >= 0.6 is 0 Å². The molecule has 1 aliphatic heterocycles. The molecule has 1 aromatic carbocycles. The van der Waals surface area contributed by atoms with E-state index >= 15 is 0 Å². The molecule has 0 fully saturated rings. The van der Waals surface area contributed by atoms with Crippen LogP contribution < -0.4 is 5.73 Å². The van der Waals surface area contributed by atoms with E-state index in [0.29, 0.717) is 12.3 Å². The number of unbranched alkanes of at least 4 members (excludes halogenated alkanes) is 6. The van der Waals surface area contributed by atoms with Crippen LogP contribution in [0.5, 0.6) is 0 Å². The quantitative estimate of drug-likeness (QED) is 0.574. The Balaban J connectivity index is 1.64. The number of hydrogen-bond acceptors (Lipinski definition) is 2. The predicted octanol–water partition coefficient (Wildman–Crippen LogP) is 4.25.